The molecule has 0 radical (unpaired) electrons. The predicted molar refractivity (Wildman–Crippen MR) is 142 cm³/mol. The number of carbonyl (C=O) groups is 1. The molecule has 4 heterocycles. The smallest absolute Gasteiger partial charge is 0.246 e. The van der Waals surface area contributed by atoms with Gasteiger partial charge in [-0.2, -0.15) is 0 Å². The van der Waals surface area contributed by atoms with E-state index in [-0.39, 0.29) is 45.9 Å². The molecule has 1 amide bonds. The van der Waals surface area contributed by atoms with Gasteiger partial charge in [-0.25, -0.2) is 14.4 Å². The average molecular weight is 559 g/mol. The van der Waals surface area contributed by atoms with Gasteiger partial charge < -0.3 is 24.4 Å². The second-order valence-corrected chi connectivity index (χ2v) is 10.5. The number of piperidine rings is 1. The van der Waals surface area contributed by atoms with Gasteiger partial charge in [0.05, 0.1) is 34.5 Å². The molecular formula is C27H25Cl2FN4O4. The molecule has 8 nitrogen and oxygen atoms in total. The van der Waals surface area contributed by atoms with Gasteiger partial charge in [0.15, 0.2) is 17.3 Å². The van der Waals surface area contributed by atoms with E-state index >= 15 is 0 Å². The van der Waals surface area contributed by atoms with Gasteiger partial charge in [-0.05, 0) is 37.1 Å². The molecular weight excluding hydrogens is 534 g/mol. The Hall–Kier alpha value is -3.14. The van der Waals surface area contributed by atoms with Gasteiger partial charge in [0.1, 0.15) is 24.4 Å². The van der Waals surface area contributed by atoms with Crippen molar-refractivity contribution in [2.45, 2.75) is 50.0 Å². The summed E-state index contributed by atoms with van der Waals surface area (Å²) >= 11 is 11.9. The number of ether oxygens (including phenoxy) is 3. The van der Waals surface area contributed by atoms with Crippen LogP contribution in [0, 0.1) is 5.82 Å². The average Bonchev–Trinajstić information content (AvgIpc) is 3.16. The number of carbonyl (C=O) groups excluding carboxylic acids is 1. The predicted octanol–water partition coefficient (Wildman–Crippen LogP) is 5.68. The van der Waals surface area contributed by atoms with E-state index in [0.29, 0.717) is 54.3 Å². The molecule has 0 saturated carbocycles. The maximum absolute atomic E-state index is 14.8. The molecule has 11 heteroatoms. The van der Waals surface area contributed by atoms with E-state index in [1.54, 1.807) is 6.07 Å². The topological polar surface area (TPSA) is 85.8 Å². The maximum atomic E-state index is 14.8. The Balaban J connectivity index is 1.33. The number of benzene rings is 2. The Kier molecular flexibility index (Phi) is 6.75. The molecule has 198 valence electrons. The van der Waals surface area contributed by atoms with E-state index in [9.17, 15) is 9.18 Å². The largest absolute Gasteiger partial charge is 0.486 e. The summed E-state index contributed by atoms with van der Waals surface area (Å²) in [5, 5.41) is 3.57. The normalized spacial score (nSPS) is 22.7. The van der Waals surface area contributed by atoms with Crippen LogP contribution in [0.5, 0.6) is 11.5 Å². The molecule has 3 aliphatic rings. The van der Waals surface area contributed by atoms with Crippen LogP contribution in [0.1, 0.15) is 25.7 Å². The maximum Gasteiger partial charge on any atom is 0.246 e. The van der Waals surface area contributed by atoms with Crippen molar-refractivity contribution in [1.82, 2.24) is 14.9 Å². The minimum atomic E-state index is -0.677. The van der Waals surface area contributed by atoms with Gasteiger partial charge in [-0.15, -0.1) is 0 Å². The lowest BCUT2D eigenvalue weighted by Gasteiger charge is -2.38. The number of amides is 1. The van der Waals surface area contributed by atoms with Crippen LogP contribution in [0.25, 0.3) is 10.9 Å². The number of nitrogens with one attached hydrogen (secondary N) is 1. The lowest BCUT2D eigenvalue weighted by atomic mass is 9.99. The summed E-state index contributed by atoms with van der Waals surface area (Å²) in [4.78, 5) is 23.1. The fourth-order valence-corrected chi connectivity index (χ4v) is 5.74. The van der Waals surface area contributed by atoms with Crippen molar-refractivity contribution in [2.75, 3.05) is 18.5 Å². The summed E-state index contributed by atoms with van der Waals surface area (Å²) in [5.74, 6) is 0.752. The van der Waals surface area contributed by atoms with Crippen LogP contribution in [0.4, 0.5) is 15.9 Å². The third-order valence-corrected chi connectivity index (χ3v) is 8.08. The lowest BCUT2D eigenvalue weighted by molar-refractivity contribution is -0.131. The molecule has 3 aliphatic heterocycles. The van der Waals surface area contributed by atoms with Crippen molar-refractivity contribution in [3.05, 3.63) is 59.1 Å². The highest BCUT2D eigenvalue weighted by Crippen LogP contribution is 2.42. The quantitative estimate of drug-likeness (QED) is 0.294. The number of hydrogen-bond acceptors (Lipinski definition) is 7. The summed E-state index contributed by atoms with van der Waals surface area (Å²) in [5.41, 5.74) is 0.724. The molecule has 0 spiro atoms. The third-order valence-electron chi connectivity index (χ3n) is 7.30. The van der Waals surface area contributed by atoms with E-state index in [4.69, 9.17) is 37.4 Å². The minimum absolute atomic E-state index is 0.0296. The number of anilines is 2. The van der Waals surface area contributed by atoms with Crippen LogP contribution in [0.15, 0.2) is 43.2 Å². The molecule has 1 N–H and O–H groups in total. The first-order valence-electron chi connectivity index (χ1n) is 12.5. The van der Waals surface area contributed by atoms with Crippen molar-refractivity contribution in [3.8, 4) is 11.5 Å². The monoisotopic (exact) mass is 558 g/mol. The first-order chi connectivity index (χ1) is 18.4. The van der Waals surface area contributed by atoms with Crippen molar-refractivity contribution in [1.29, 1.82) is 0 Å². The number of halogens is 3. The second-order valence-electron chi connectivity index (χ2n) is 9.71. The summed E-state index contributed by atoms with van der Waals surface area (Å²) in [6.07, 6.45) is 5.91. The number of hydrogen-bond donors (Lipinski definition) is 1. The number of nitrogens with zero attached hydrogens (tertiary/aromatic N) is 3. The summed E-state index contributed by atoms with van der Waals surface area (Å²) in [6, 6.07) is 6.85. The molecule has 2 bridgehead atoms. The highest BCUT2D eigenvalue weighted by molar-refractivity contribution is 6.42. The van der Waals surface area contributed by atoms with Crippen molar-refractivity contribution in [3.63, 3.8) is 0 Å². The fourth-order valence-electron chi connectivity index (χ4n) is 5.43. The van der Waals surface area contributed by atoms with Crippen molar-refractivity contribution < 1.29 is 23.4 Å². The summed E-state index contributed by atoms with van der Waals surface area (Å²) < 4.78 is 32.8. The van der Waals surface area contributed by atoms with Crippen molar-refractivity contribution >= 4 is 51.5 Å². The van der Waals surface area contributed by atoms with Gasteiger partial charge in [0.2, 0.25) is 5.91 Å². The zero-order valence-electron chi connectivity index (χ0n) is 20.3. The van der Waals surface area contributed by atoms with E-state index < -0.39 is 5.82 Å². The first-order valence-corrected chi connectivity index (χ1v) is 13.2. The molecule has 1 unspecified atom stereocenters. The van der Waals surface area contributed by atoms with Gasteiger partial charge in [-0.1, -0.05) is 29.8 Å². The molecule has 3 aromatic rings. The minimum Gasteiger partial charge on any atom is -0.486 e. The second kappa shape index (κ2) is 10.2. The first kappa shape index (κ1) is 25.2. The molecule has 3 fully saturated rings. The van der Waals surface area contributed by atoms with Crippen LogP contribution in [0.2, 0.25) is 10.0 Å². The molecule has 2 aromatic carbocycles. The molecule has 3 saturated heterocycles. The van der Waals surface area contributed by atoms with E-state index in [1.165, 1.54) is 24.5 Å². The van der Waals surface area contributed by atoms with Gasteiger partial charge in [0.25, 0.3) is 0 Å². The van der Waals surface area contributed by atoms with Gasteiger partial charge >= 0.3 is 0 Å². The zero-order valence-corrected chi connectivity index (χ0v) is 21.8. The Morgan fingerprint density at radius 1 is 1.11 bits per heavy atom. The van der Waals surface area contributed by atoms with Crippen molar-refractivity contribution in [2.24, 2.45) is 0 Å². The summed E-state index contributed by atoms with van der Waals surface area (Å²) in [7, 11) is 0. The third kappa shape index (κ3) is 4.63. The van der Waals surface area contributed by atoms with Crippen LogP contribution in [-0.4, -0.2) is 58.3 Å². The van der Waals surface area contributed by atoms with Crippen LogP contribution < -0.4 is 14.8 Å². The van der Waals surface area contributed by atoms with E-state index in [2.05, 4.69) is 21.9 Å². The molecule has 0 aliphatic carbocycles. The van der Waals surface area contributed by atoms with E-state index in [0.717, 1.165) is 12.8 Å². The van der Waals surface area contributed by atoms with Crippen LogP contribution in [-0.2, 0) is 9.53 Å². The highest BCUT2D eigenvalue weighted by atomic mass is 35.5. The fraction of sp³-hybridized carbons (Fsp3) is 0.370. The lowest BCUT2D eigenvalue weighted by Crippen LogP contribution is -2.48. The Bertz CT molecular complexity index is 1410. The number of fused-ring (bicyclic) bond motifs is 3. The van der Waals surface area contributed by atoms with Gasteiger partial charge in [-0.3, -0.25) is 4.79 Å². The Morgan fingerprint density at radius 3 is 2.50 bits per heavy atom. The Morgan fingerprint density at radius 2 is 1.82 bits per heavy atom. The molecule has 1 aromatic heterocycles. The zero-order chi connectivity index (χ0) is 26.4. The SMILES string of the molecule is C=CC(=O)N1[C@@H]2CC[C@H]1CC(Oc1cc3c(Nc4ccc(Cl)c(Cl)c4F)ncnc3cc1OC1COC1)C2. The van der Waals surface area contributed by atoms with Crippen LogP contribution in [0.3, 0.4) is 0 Å². The Labute approximate surface area is 228 Å². The molecule has 38 heavy (non-hydrogen) atoms. The standard InChI is InChI=1S/C27H25Cl2FN4O4/c1-2-24(35)34-14-3-4-15(34)8-16(7-14)37-22-9-18-21(10-23(22)38-17-11-36-12-17)31-13-32-27(18)33-20-6-5-19(28)25(29)26(20)30/h2,5-6,9-10,13-17H,1,3-4,7-8,11-12H2,(H,31,32,33)/t14-,15+,16?. The number of aromatic nitrogens is 2. The van der Waals surface area contributed by atoms with Crippen LogP contribution >= 0.6 is 23.2 Å². The summed E-state index contributed by atoms with van der Waals surface area (Å²) in [6.45, 7) is 4.64. The highest BCUT2D eigenvalue weighted by Gasteiger charge is 2.43. The van der Waals surface area contributed by atoms with Gasteiger partial charge in [0, 0.05) is 36.4 Å². The molecule has 3 atom stereocenters. The van der Waals surface area contributed by atoms with E-state index in [1.807, 2.05) is 11.0 Å². The molecule has 6 rings (SSSR count). The number of rotatable bonds is 7.